The Hall–Kier alpha value is -1.26. The molecule has 0 spiro atoms. The van der Waals surface area contributed by atoms with Crippen molar-refractivity contribution < 1.29 is 14.6 Å². The Balaban J connectivity index is 1.71. The van der Waals surface area contributed by atoms with Gasteiger partial charge in [0.25, 0.3) is 0 Å². The number of aliphatic hydroxyl groups excluding tert-OH is 1. The Kier molecular flexibility index (Phi) is 9.13. The highest BCUT2D eigenvalue weighted by Crippen LogP contribution is 2.41. The summed E-state index contributed by atoms with van der Waals surface area (Å²) in [5, 5.41) is 11.2. The van der Waals surface area contributed by atoms with Gasteiger partial charge >= 0.3 is 0 Å². The summed E-state index contributed by atoms with van der Waals surface area (Å²) in [5.74, 6) is 1.82. The topological polar surface area (TPSA) is 41.9 Å². The Morgan fingerprint density at radius 1 is 0.862 bits per heavy atom. The monoisotopic (exact) mass is 403 g/mol. The van der Waals surface area contributed by atoms with Crippen LogP contribution in [0, 0.1) is 0 Å². The van der Waals surface area contributed by atoms with E-state index in [1.807, 2.05) is 32.0 Å². The van der Waals surface area contributed by atoms with Crippen molar-refractivity contribution in [2.24, 2.45) is 0 Å². The van der Waals surface area contributed by atoms with Crippen molar-refractivity contribution in [3.63, 3.8) is 0 Å². The zero-order valence-electron chi connectivity index (χ0n) is 18.6. The van der Waals surface area contributed by atoms with Crippen LogP contribution in [0.5, 0.6) is 11.5 Å². The Labute approximate surface area is 177 Å². The third-order valence-corrected chi connectivity index (χ3v) is 6.70. The summed E-state index contributed by atoms with van der Waals surface area (Å²) < 4.78 is 11.8. The summed E-state index contributed by atoms with van der Waals surface area (Å²) in [6.45, 7) is 7.09. The molecule has 4 nitrogen and oxygen atoms in total. The fourth-order valence-electron chi connectivity index (χ4n) is 5.23. The van der Waals surface area contributed by atoms with Gasteiger partial charge in [0.1, 0.15) is 11.5 Å². The van der Waals surface area contributed by atoms with Crippen LogP contribution in [-0.2, 0) is 0 Å². The number of likely N-dealkylation sites (tertiary alicyclic amines) is 1. The number of piperidine rings is 1. The third-order valence-electron chi connectivity index (χ3n) is 6.70. The molecule has 29 heavy (non-hydrogen) atoms. The number of nitrogens with zero attached hydrogens (tertiary/aromatic N) is 1. The van der Waals surface area contributed by atoms with E-state index in [9.17, 15) is 5.11 Å². The number of rotatable bonds is 6. The van der Waals surface area contributed by atoms with E-state index in [1.165, 1.54) is 57.8 Å². The second kappa shape index (κ2) is 11.8. The van der Waals surface area contributed by atoms with Gasteiger partial charge in [-0.2, -0.15) is 0 Å². The van der Waals surface area contributed by atoms with Crippen LogP contribution in [0.3, 0.4) is 0 Å². The standard InChI is InChI=1S/C25H41NO3/c1-3-28-23-15-12-16-24(29-4-2)25(23)21-17-18-26(19-22(21)27)20-13-10-8-6-5-7-9-11-14-20/h12,15-16,20-22,27H,3-11,13-14,17-19H2,1-2H3. The molecule has 1 N–H and O–H groups in total. The molecular formula is C25H41NO3. The summed E-state index contributed by atoms with van der Waals surface area (Å²) in [7, 11) is 0. The summed E-state index contributed by atoms with van der Waals surface area (Å²) in [6.07, 6.45) is 12.8. The Morgan fingerprint density at radius 2 is 1.41 bits per heavy atom. The minimum absolute atomic E-state index is 0.0788. The lowest BCUT2D eigenvalue weighted by atomic mass is 9.84. The predicted octanol–water partition coefficient (Wildman–Crippen LogP) is 5.53. The number of hydrogen-bond acceptors (Lipinski definition) is 4. The van der Waals surface area contributed by atoms with Gasteiger partial charge in [-0.05, 0) is 51.8 Å². The first-order valence-electron chi connectivity index (χ1n) is 12.0. The SMILES string of the molecule is CCOc1cccc(OCC)c1C1CCN(C2CCCCCCCCC2)CC1O. The largest absolute Gasteiger partial charge is 0.493 e. The van der Waals surface area contributed by atoms with E-state index < -0.39 is 0 Å². The van der Waals surface area contributed by atoms with Crippen molar-refractivity contribution in [3.05, 3.63) is 23.8 Å². The molecule has 1 aliphatic carbocycles. The van der Waals surface area contributed by atoms with Gasteiger partial charge in [-0.25, -0.2) is 0 Å². The molecule has 0 aromatic heterocycles. The van der Waals surface area contributed by atoms with E-state index in [0.29, 0.717) is 19.3 Å². The molecule has 1 saturated heterocycles. The second-order valence-corrected chi connectivity index (χ2v) is 8.70. The van der Waals surface area contributed by atoms with Crippen molar-refractivity contribution in [2.45, 2.75) is 96.1 Å². The molecular weight excluding hydrogens is 362 g/mol. The van der Waals surface area contributed by atoms with Gasteiger partial charge in [0.2, 0.25) is 0 Å². The lowest BCUT2D eigenvalue weighted by Crippen LogP contribution is -2.47. The smallest absolute Gasteiger partial charge is 0.126 e. The van der Waals surface area contributed by atoms with E-state index in [4.69, 9.17) is 9.47 Å². The molecule has 3 rings (SSSR count). The fourth-order valence-corrected chi connectivity index (χ4v) is 5.23. The van der Waals surface area contributed by atoms with E-state index >= 15 is 0 Å². The molecule has 1 aromatic rings. The molecule has 1 saturated carbocycles. The quantitative estimate of drug-likeness (QED) is 0.678. The van der Waals surface area contributed by atoms with Gasteiger partial charge in [-0.15, -0.1) is 0 Å². The van der Waals surface area contributed by atoms with Crippen LogP contribution in [0.4, 0.5) is 0 Å². The Morgan fingerprint density at radius 3 is 1.93 bits per heavy atom. The first-order chi connectivity index (χ1) is 14.2. The number of benzene rings is 1. The van der Waals surface area contributed by atoms with Crippen LogP contribution in [0.2, 0.25) is 0 Å². The maximum atomic E-state index is 11.2. The lowest BCUT2D eigenvalue weighted by molar-refractivity contribution is 0.0226. The first kappa shape index (κ1) is 22.4. The molecule has 2 atom stereocenters. The van der Waals surface area contributed by atoms with E-state index in [1.54, 1.807) is 0 Å². The van der Waals surface area contributed by atoms with E-state index in [2.05, 4.69) is 4.90 Å². The minimum atomic E-state index is -0.375. The molecule has 1 heterocycles. The molecule has 2 unspecified atom stereocenters. The fraction of sp³-hybridized carbons (Fsp3) is 0.760. The van der Waals surface area contributed by atoms with Crippen LogP contribution < -0.4 is 9.47 Å². The Bertz CT molecular complexity index is 571. The zero-order valence-corrected chi connectivity index (χ0v) is 18.6. The predicted molar refractivity (Wildman–Crippen MR) is 119 cm³/mol. The highest BCUT2D eigenvalue weighted by Gasteiger charge is 2.35. The van der Waals surface area contributed by atoms with Gasteiger partial charge in [-0.1, -0.05) is 51.0 Å². The van der Waals surface area contributed by atoms with Crippen molar-refractivity contribution in [3.8, 4) is 11.5 Å². The van der Waals surface area contributed by atoms with Crippen LogP contribution in [-0.4, -0.2) is 48.5 Å². The van der Waals surface area contributed by atoms with Crippen molar-refractivity contribution in [1.82, 2.24) is 4.90 Å². The summed E-state index contributed by atoms with van der Waals surface area (Å²) in [4.78, 5) is 2.58. The molecule has 1 aliphatic heterocycles. The molecule has 1 aromatic carbocycles. The highest BCUT2D eigenvalue weighted by molar-refractivity contribution is 5.48. The van der Waals surface area contributed by atoms with Gasteiger partial charge in [0.05, 0.1) is 19.3 Å². The minimum Gasteiger partial charge on any atom is -0.493 e. The number of β-amino-alcohol motifs (C(OH)–C–C–N with tert-alkyl or cyclic N) is 1. The summed E-state index contributed by atoms with van der Waals surface area (Å²) in [6, 6.07) is 6.65. The molecule has 0 radical (unpaired) electrons. The first-order valence-corrected chi connectivity index (χ1v) is 12.0. The summed E-state index contributed by atoms with van der Waals surface area (Å²) in [5.41, 5.74) is 1.06. The van der Waals surface area contributed by atoms with Crippen LogP contribution in [0.1, 0.15) is 89.5 Å². The maximum Gasteiger partial charge on any atom is 0.126 e. The second-order valence-electron chi connectivity index (χ2n) is 8.70. The normalized spacial score (nSPS) is 25.5. The average Bonchev–Trinajstić information content (AvgIpc) is 2.73. The molecule has 164 valence electrons. The van der Waals surface area contributed by atoms with Crippen molar-refractivity contribution >= 4 is 0 Å². The lowest BCUT2D eigenvalue weighted by Gasteiger charge is -2.41. The van der Waals surface area contributed by atoms with E-state index in [0.717, 1.165) is 36.6 Å². The van der Waals surface area contributed by atoms with Crippen LogP contribution in [0.15, 0.2) is 18.2 Å². The number of ether oxygens (including phenoxy) is 2. The van der Waals surface area contributed by atoms with Crippen molar-refractivity contribution in [2.75, 3.05) is 26.3 Å². The van der Waals surface area contributed by atoms with Crippen LogP contribution in [0.25, 0.3) is 0 Å². The van der Waals surface area contributed by atoms with Gasteiger partial charge < -0.3 is 14.6 Å². The number of hydrogen-bond donors (Lipinski definition) is 1. The van der Waals surface area contributed by atoms with Gasteiger partial charge in [-0.3, -0.25) is 4.90 Å². The average molecular weight is 404 g/mol. The molecule has 2 aliphatic rings. The summed E-state index contributed by atoms with van der Waals surface area (Å²) >= 11 is 0. The van der Waals surface area contributed by atoms with Gasteiger partial charge in [0.15, 0.2) is 0 Å². The zero-order chi connectivity index (χ0) is 20.5. The maximum absolute atomic E-state index is 11.2. The highest BCUT2D eigenvalue weighted by atomic mass is 16.5. The van der Waals surface area contributed by atoms with E-state index in [-0.39, 0.29) is 12.0 Å². The molecule has 2 fully saturated rings. The van der Waals surface area contributed by atoms with Gasteiger partial charge in [0, 0.05) is 24.1 Å². The molecule has 4 heteroatoms. The van der Waals surface area contributed by atoms with Crippen molar-refractivity contribution in [1.29, 1.82) is 0 Å². The third kappa shape index (κ3) is 6.11. The van der Waals surface area contributed by atoms with Crippen LogP contribution >= 0.6 is 0 Å². The molecule has 0 bridgehead atoms. The number of aliphatic hydroxyl groups is 1. The molecule has 0 amide bonds.